The molecule has 1 heterocycles. The largest absolute Gasteiger partial charge is 0.373 e. The van der Waals surface area contributed by atoms with Crippen LogP contribution in [0.1, 0.15) is 41.5 Å². The summed E-state index contributed by atoms with van der Waals surface area (Å²) in [6.45, 7) is 14.1. The quantitative estimate of drug-likeness (QED) is 0.753. The maximum atomic E-state index is 12.8. The second-order valence-electron chi connectivity index (χ2n) is 6.69. The van der Waals surface area contributed by atoms with Gasteiger partial charge in [-0.05, 0) is 25.7 Å². The molecule has 1 aliphatic heterocycles. The van der Waals surface area contributed by atoms with Crippen LogP contribution in [0.5, 0.6) is 0 Å². The first-order valence-electron chi connectivity index (χ1n) is 7.53. The standard InChI is InChI=1S/C14H30N2O3S/c1-11(2)7-15(8-12(3)4)20(17,18)16-9-13(5)19-14(6)10-16/h11-14H,7-10H2,1-6H3. The highest BCUT2D eigenvalue weighted by Crippen LogP contribution is 2.19. The van der Waals surface area contributed by atoms with Gasteiger partial charge in [-0.25, -0.2) is 0 Å². The molecule has 0 N–H and O–H groups in total. The highest BCUT2D eigenvalue weighted by molar-refractivity contribution is 7.86. The summed E-state index contributed by atoms with van der Waals surface area (Å²) >= 11 is 0. The summed E-state index contributed by atoms with van der Waals surface area (Å²) in [5.41, 5.74) is 0. The fourth-order valence-corrected chi connectivity index (χ4v) is 4.66. The van der Waals surface area contributed by atoms with Gasteiger partial charge < -0.3 is 4.74 Å². The van der Waals surface area contributed by atoms with Crippen molar-refractivity contribution in [3.05, 3.63) is 0 Å². The van der Waals surface area contributed by atoms with Crippen molar-refractivity contribution in [2.45, 2.75) is 53.8 Å². The van der Waals surface area contributed by atoms with Crippen molar-refractivity contribution in [3.8, 4) is 0 Å². The first kappa shape index (κ1) is 17.9. The predicted octanol–water partition coefficient (Wildman–Crippen LogP) is 1.95. The summed E-state index contributed by atoms with van der Waals surface area (Å²) in [7, 11) is -3.39. The Morgan fingerprint density at radius 3 is 1.80 bits per heavy atom. The van der Waals surface area contributed by atoms with Crippen LogP contribution in [0.25, 0.3) is 0 Å². The van der Waals surface area contributed by atoms with Crippen LogP contribution in [0.4, 0.5) is 0 Å². The van der Waals surface area contributed by atoms with Gasteiger partial charge in [-0.3, -0.25) is 0 Å². The van der Waals surface area contributed by atoms with Crippen molar-refractivity contribution in [1.29, 1.82) is 0 Å². The van der Waals surface area contributed by atoms with E-state index in [1.165, 1.54) is 0 Å². The van der Waals surface area contributed by atoms with Crippen LogP contribution >= 0.6 is 0 Å². The van der Waals surface area contributed by atoms with Gasteiger partial charge >= 0.3 is 0 Å². The van der Waals surface area contributed by atoms with E-state index in [4.69, 9.17) is 4.74 Å². The Hall–Kier alpha value is -0.170. The van der Waals surface area contributed by atoms with Crippen LogP contribution in [0, 0.1) is 11.8 Å². The molecule has 1 saturated heterocycles. The lowest BCUT2D eigenvalue weighted by atomic mass is 10.2. The van der Waals surface area contributed by atoms with Crippen molar-refractivity contribution in [1.82, 2.24) is 8.61 Å². The molecular weight excluding hydrogens is 276 g/mol. The third-order valence-corrected chi connectivity index (χ3v) is 5.08. The topological polar surface area (TPSA) is 49.9 Å². The number of rotatable bonds is 6. The first-order chi connectivity index (χ1) is 9.12. The zero-order valence-corrected chi connectivity index (χ0v) is 14.5. The molecule has 0 radical (unpaired) electrons. The zero-order chi connectivity index (χ0) is 15.5. The molecule has 1 fully saturated rings. The fraction of sp³-hybridized carbons (Fsp3) is 1.00. The molecule has 1 rings (SSSR count). The summed E-state index contributed by atoms with van der Waals surface area (Å²) in [6.07, 6.45) is -0.0954. The third kappa shape index (κ3) is 4.98. The minimum atomic E-state index is -3.39. The van der Waals surface area contributed by atoms with Gasteiger partial charge in [0.15, 0.2) is 0 Å². The van der Waals surface area contributed by atoms with E-state index in [9.17, 15) is 8.42 Å². The van der Waals surface area contributed by atoms with Gasteiger partial charge in [0.2, 0.25) is 0 Å². The van der Waals surface area contributed by atoms with Crippen LogP contribution in [-0.2, 0) is 14.9 Å². The molecule has 0 bridgehead atoms. The number of hydrogen-bond donors (Lipinski definition) is 0. The molecule has 2 unspecified atom stereocenters. The summed E-state index contributed by atoms with van der Waals surface area (Å²) in [5, 5.41) is 0. The normalized spacial score (nSPS) is 25.9. The van der Waals surface area contributed by atoms with Crippen molar-refractivity contribution in [2.75, 3.05) is 26.2 Å². The molecular formula is C14H30N2O3S. The highest BCUT2D eigenvalue weighted by Gasteiger charge is 2.35. The van der Waals surface area contributed by atoms with Crippen molar-refractivity contribution >= 4 is 10.2 Å². The summed E-state index contributed by atoms with van der Waals surface area (Å²) in [4.78, 5) is 0. The molecule has 0 aromatic heterocycles. The van der Waals surface area contributed by atoms with E-state index >= 15 is 0 Å². The molecule has 6 heteroatoms. The predicted molar refractivity (Wildman–Crippen MR) is 81.8 cm³/mol. The van der Waals surface area contributed by atoms with Gasteiger partial charge in [0.1, 0.15) is 0 Å². The molecule has 120 valence electrons. The van der Waals surface area contributed by atoms with E-state index in [1.807, 2.05) is 41.5 Å². The van der Waals surface area contributed by atoms with Crippen LogP contribution in [-0.4, -0.2) is 55.4 Å². The van der Waals surface area contributed by atoms with Gasteiger partial charge in [-0.2, -0.15) is 17.0 Å². The fourth-order valence-electron chi connectivity index (χ4n) is 2.56. The van der Waals surface area contributed by atoms with Gasteiger partial charge in [0.05, 0.1) is 12.2 Å². The minimum absolute atomic E-state index is 0.0477. The van der Waals surface area contributed by atoms with E-state index < -0.39 is 10.2 Å². The van der Waals surface area contributed by atoms with Crippen LogP contribution in [0.15, 0.2) is 0 Å². The lowest BCUT2D eigenvalue weighted by molar-refractivity contribution is -0.0456. The van der Waals surface area contributed by atoms with E-state index in [-0.39, 0.29) is 12.2 Å². The van der Waals surface area contributed by atoms with Gasteiger partial charge in [-0.15, -0.1) is 0 Å². The Morgan fingerprint density at radius 2 is 1.45 bits per heavy atom. The second-order valence-corrected chi connectivity index (χ2v) is 8.62. The molecule has 0 amide bonds. The minimum Gasteiger partial charge on any atom is -0.373 e. The Labute approximate surface area is 124 Å². The van der Waals surface area contributed by atoms with E-state index in [0.717, 1.165) is 0 Å². The van der Waals surface area contributed by atoms with Gasteiger partial charge in [-0.1, -0.05) is 27.7 Å². The van der Waals surface area contributed by atoms with Crippen molar-refractivity contribution in [2.24, 2.45) is 11.8 Å². The number of morpholine rings is 1. The molecule has 0 aromatic carbocycles. The van der Waals surface area contributed by atoms with Crippen molar-refractivity contribution in [3.63, 3.8) is 0 Å². The second kappa shape index (κ2) is 7.20. The van der Waals surface area contributed by atoms with Gasteiger partial charge in [0.25, 0.3) is 10.2 Å². The monoisotopic (exact) mass is 306 g/mol. The highest BCUT2D eigenvalue weighted by atomic mass is 32.2. The Bertz CT molecular complexity index is 375. The summed E-state index contributed by atoms with van der Waals surface area (Å²) in [6, 6.07) is 0. The number of nitrogens with zero attached hydrogens (tertiary/aromatic N) is 2. The SMILES string of the molecule is CC(C)CN(CC(C)C)S(=O)(=O)N1CC(C)OC(C)C1. The average Bonchev–Trinajstić information content (AvgIpc) is 2.25. The van der Waals surface area contributed by atoms with E-state index in [2.05, 4.69) is 0 Å². The lowest BCUT2D eigenvalue weighted by Gasteiger charge is -2.38. The molecule has 0 aromatic rings. The maximum Gasteiger partial charge on any atom is 0.282 e. The number of hydrogen-bond acceptors (Lipinski definition) is 3. The Balaban J connectivity index is 2.90. The molecule has 0 spiro atoms. The number of ether oxygens (including phenoxy) is 1. The first-order valence-corrected chi connectivity index (χ1v) is 8.93. The maximum absolute atomic E-state index is 12.8. The van der Waals surface area contributed by atoms with Gasteiger partial charge in [0, 0.05) is 26.2 Å². The van der Waals surface area contributed by atoms with E-state index in [0.29, 0.717) is 38.0 Å². The third-order valence-electron chi connectivity index (χ3n) is 3.18. The summed E-state index contributed by atoms with van der Waals surface area (Å²) < 4.78 is 34.5. The zero-order valence-electron chi connectivity index (χ0n) is 13.7. The molecule has 2 atom stereocenters. The van der Waals surface area contributed by atoms with Crippen LogP contribution < -0.4 is 0 Å². The summed E-state index contributed by atoms with van der Waals surface area (Å²) in [5.74, 6) is 0.638. The van der Waals surface area contributed by atoms with E-state index in [1.54, 1.807) is 8.61 Å². The lowest BCUT2D eigenvalue weighted by Crippen LogP contribution is -2.54. The Morgan fingerprint density at radius 1 is 1.05 bits per heavy atom. The molecule has 0 saturated carbocycles. The van der Waals surface area contributed by atoms with Crippen molar-refractivity contribution < 1.29 is 13.2 Å². The molecule has 1 aliphatic rings. The smallest absolute Gasteiger partial charge is 0.282 e. The molecule has 5 nitrogen and oxygen atoms in total. The Kier molecular flexibility index (Phi) is 6.44. The molecule has 20 heavy (non-hydrogen) atoms. The molecule has 0 aliphatic carbocycles. The van der Waals surface area contributed by atoms with Crippen LogP contribution in [0.3, 0.4) is 0 Å². The van der Waals surface area contributed by atoms with Crippen LogP contribution in [0.2, 0.25) is 0 Å². The average molecular weight is 306 g/mol.